The minimum atomic E-state index is -1.58. The van der Waals surface area contributed by atoms with Gasteiger partial charge in [0.25, 0.3) is 0 Å². The summed E-state index contributed by atoms with van der Waals surface area (Å²) in [7, 11) is -1.58. The van der Waals surface area contributed by atoms with E-state index >= 15 is 0 Å². The predicted octanol–water partition coefficient (Wildman–Crippen LogP) is 3.82. The van der Waals surface area contributed by atoms with Crippen molar-refractivity contribution in [2.75, 3.05) is 0 Å². The molecule has 5 heteroatoms. The van der Waals surface area contributed by atoms with Gasteiger partial charge in [0.15, 0.2) is 0 Å². The standard InChI is InChI=1S/C12H25NO3Si/c1-6-8-11(12(7-2)13(14)15)9-10-16-17(3,4)5/h9-12H,6-8H2,1-5H3. The first-order valence-electron chi connectivity index (χ1n) is 6.29. The molecule has 0 heterocycles. The lowest BCUT2D eigenvalue weighted by molar-refractivity contribution is -0.530. The van der Waals surface area contributed by atoms with Gasteiger partial charge in [0.05, 0.1) is 6.26 Å². The fourth-order valence-electron chi connectivity index (χ4n) is 1.70. The number of hydrogen-bond acceptors (Lipinski definition) is 3. The van der Waals surface area contributed by atoms with Crippen molar-refractivity contribution in [3.05, 3.63) is 22.5 Å². The molecule has 0 fully saturated rings. The third kappa shape index (κ3) is 7.15. The van der Waals surface area contributed by atoms with E-state index < -0.39 is 14.4 Å². The van der Waals surface area contributed by atoms with Crippen LogP contribution in [-0.4, -0.2) is 19.3 Å². The average Bonchev–Trinajstić information content (AvgIpc) is 2.16. The molecular weight excluding hydrogens is 234 g/mol. The van der Waals surface area contributed by atoms with E-state index in [-0.39, 0.29) is 10.8 Å². The van der Waals surface area contributed by atoms with Crippen LogP contribution in [0.2, 0.25) is 19.6 Å². The lowest BCUT2D eigenvalue weighted by Gasteiger charge is -2.18. The van der Waals surface area contributed by atoms with Crippen LogP contribution in [0.3, 0.4) is 0 Å². The maximum absolute atomic E-state index is 10.9. The van der Waals surface area contributed by atoms with Crippen LogP contribution in [0.15, 0.2) is 12.3 Å². The molecule has 0 radical (unpaired) electrons. The largest absolute Gasteiger partial charge is 0.550 e. The molecular formula is C12H25NO3Si. The molecule has 2 unspecified atom stereocenters. The summed E-state index contributed by atoms with van der Waals surface area (Å²) in [5.74, 6) is -0.0173. The van der Waals surface area contributed by atoms with Gasteiger partial charge in [0, 0.05) is 17.3 Å². The summed E-state index contributed by atoms with van der Waals surface area (Å²) in [5.41, 5.74) is 0. The van der Waals surface area contributed by atoms with Crippen LogP contribution in [0.1, 0.15) is 33.1 Å². The Morgan fingerprint density at radius 2 is 1.94 bits per heavy atom. The molecule has 4 nitrogen and oxygen atoms in total. The van der Waals surface area contributed by atoms with E-state index in [1.807, 2.05) is 19.9 Å². The van der Waals surface area contributed by atoms with Crippen molar-refractivity contribution in [1.29, 1.82) is 0 Å². The van der Waals surface area contributed by atoms with Gasteiger partial charge < -0.3 is 4.43 Å². The molecule has 0 spiro atoms. The summed E-state index contributed by atoms with van der Waals surface area (Å²) < 4.78 is 5.62. The average molecular weight is 259 g/mol. The van der Waals surface area contributed by atoms with Crippen molar-refractivity contribution < 1.29 is 9.35 Å². The Bertz CT molecular complexity index is 261. The first-order chi connectivity index (χ1) is 7.81. The molecule has 0 aromatic carbocycles. The molecule has 0 aliphatic rings. The minimum absolute atomic E-state index is 0.0173. The van der Waals surface area contributed by atoms with Crippen LogP contribution in [0.25, 0.3) is 0 Å². The summed E-state index contributed by atoms with van der Waals surface area (Å²) in [4.78, 5) is 10.8. The van der Waals surface area contributed by atoms with Crippen LogP contribution in [0.5, 0.6) is 0 Å². The highest BCUT2D eigenvalue weighted by atomic mass is 28.4. The van der Waals surface area contributed by atoms with Crippen molar-refractivity contribution >= 4 is 8.32 Å². The maximum Gasteiger partial charge on any atom is 0.241 e. The van der Waals surface area contributed by atoms with Gasteiger partial charge in [0.1, 0.15) is 0 Å². The van der Waals surface area contributed by atoms with Crippen molar-refractivity contribution in [2.45, 2.75) is 58.8 Å². The second kappa shape index (κ2) is 7.48. The Balaban J connectivity index is 4.56. The summed E-state index contributed by atoms with van der Waals surface area (Å²) in [6, 6.07) is -0.489. The van der Waals surface area contributed by atoms with Gasteiger partial charge in [-0.3, -0.25) is 10.1 Å². The van der Waals surface area contributed by atoms with E-state index in [0.29, 0.717) is 6.42 Å². The van der Waals surface area contributed by atoms with Crippen LogP contribution < -0.4 is 0 Å². The zero-order chi connectivity index (χ0) is 13.5. The normalized spacial score (nSPS) is 15.8. The highest BCUT2D eigenvalue weighted by molar-refractivity contribution is 6.69. The molecule has 17 heavy (non-hydrogen) atoms. The first-order valence-corrected chi connectivity index (χ1v) is 9.70. The Morgan fingerprint density at radius 3 is 2.29 bits per heavy atom. The van der Waals surface area contributed by atoms with Crippen molar-refractivity contribution in [3.8, 4) is 0 Å². The molecule has 0 aromatic heterocycles. The summed E-state index contributed by atoms with van der Waals surface area (Å²) >= 11 is 0. The molecule has 0 N–H and O–H groups in total. The molecule has 100 valence electrons. The van der Waals surface area contributed by atoms with Crippen LogP contribution >= 0.6 is 0 Å². The first kappa shape index (κ1) is 16.2. The number of rotatable bonds is 8. The summed E-state index contributed by atoms with van der Waals surface area (Å²) in [6.45, 7) is 10.2. The zero-order valence-electron chi connectivity index (χ0n) is 11.6. The van der Waals surface area contributed by atoms with Gasteiger partial charge in [-0.1, -0.05) is 20.3 Å². The van der Waals surface area contributed by atoms with Gasteiger partial charge in [-0.15, -0.1) is 0 Å². The second-order valence-corrected chi connectivity index (χ2v) is 9.73. The monoisotopic (exact) mass is 259 g/mol. The number of nitro groups is 1. The van der Waals surface area contributed by atoms with E-state index in [4.69, 9.17) is 4.43 Å². The number of hydrogen-bond donors (Lipinski definition) is 0. The Kier molecular flexibility index (Phi) is 7.11. The maximum atomic E-state index is 10.9. The quantitative estimate of drug-likeness (QED) is 0.288. The fraction of sp³-hybridized carbons (Fsp3) is 0.833. The topological polar surface area (TPSA) is 52.4 Å². The lowest BCUT2D eigenvalue weighted by Crippen LogP contribution is -2.28. The SMILES string of the molecule is CCCC(C=CO[Si](C)(C)C)C(CC)[N+](=O)[O-]. The van der Waals surface area contributed by atoms with Crippen molar-refractivity contribution in [1.82, 2.24) is 0 Å². The molecule has 0 rings (SSSR count). The van der Waals surface area contributed by atoms with Crippen molar-refractivity contribution in [3.63, 3.8) is 0 Å². The third-order valence-corrected chi connectivity index (χ3v) is 3.40. The van der Waals surface area contributed by atoms with Gasteiger partial charge in [-0.05, 0) is 32.1 Å². The van der Waals surface area contributed by atoms with E-state index in [9.17, 15) is 10.1 Å². The highest BCUT2D eigenvalue weighted by Gasteiger charge is 2.27. The molecule has 0 saturated carbocycles. The molecule has 0 bridgehead atoms. The molecule has 0 aliphatic heterocycles. The molecule has 0 amide bonds. The van der Waals surface area contributed by atoms with Crippen LogP contribution in [0, 0.1) is 16.0 Å². The predicted molar refractivity (Wildman–Crippen MR) is 73.0 cm³/mol. The minimum Gasteiger partial charge on any atom is -0.550 e. The van der Waals surface area contributed by atoms with Gasteiger partial charge in [-0.25, -0.2) is 0 Å². The summed E-state index contributed by atoms with van der Waals surface area (Å²) in [6.07, 6.45) is 5.91. The van der Waals surface area contributed by atoms with Gasteiger partial charge >= 0.3 is 0 Å². The molecule has 0 aliphatic carbocycles. The smallest absolute Gasteiger partial charge is 0.241 e. The highest BCUT2D eigenvalue weighted by Crippen LogP contribution is 2.19. The fourth-order valence-corrected chi connectivity index (χ4v) is 2.19. The van der Waals surface area contributed by atoms with Crippen LogP contribution in [-0.2, 0) is 4.43 Å². The van der Waals surface area contributed by atoms with Gasteiger partial charge in [-0.2, -0.15) is 0 Å². The zero-order valence-corrected chi connectivity index (χ0v) is 12.6. The summed E-state index contributed by atoms with van der Waals surface area (Å²) in [5, 5.41) is 10.9. The van der Waals surface area contributed by atoms with Gasteiger partial charge in [0.2, 0.25) is 14.4 Å². The lowest BCUT2D eigenvalue weighted by atomic mass is 9.93. The van der Waals surface area contributed by atoms with Crippen LogP contribution in [0.4, 0.5) is 0 Å². The van der Waals surface area contributed by atoms with E-state index in [0.717, 1.165) is 12.8 Å². The molecule has 0 saturated heterocycles. The second-order valence-electron chi connectivity index (χ2n) is 5.27. The van der Waals surface area contributed by atoms with E-state index in [1.165, 1.54) is 0 Å². The number of nitrogens with zero attached hydrogens (tertiary/aromatic N) is 1. The van der Waals surface area contributed by atoms with Crippen molar-refractivity contribution in [2.24, 2.45) is 5.92 Å². The third-order valence-electron chi connectivity index (χ3n) is 2.55. The Hall–Kier alpha value is -0.843. The molecule has 0 aromatic rings. The van der Waals surface area contributed by atoms with E-state index in [1.54, 1.807) is 6.26 Å². The molecule has 2 atom stereocenters. The Labute approximate surface area is 105 Å². The van der Waals surface area contributed by atoms with E-state index in [2.05, 4.69) is 19.6 Å². The Morgan fingerprint density at radius 1 is 1.35 bits per heavy atom.